The van der Waals surface area contributed by atoms with Crippen molar-refractivity contribution in [3.05, 3.63) is 35.4 Å². The van der Waals surface area contributed by atoms with Gasteiger partial charge in [-0.25, -0.2) is 8.78 Å². The summed E-state index contributed by atoms with van der Waals surface area (Å²) in [5.74, 6) is -1.57. The van der Waals surface area contributed by atoms with Crippen molar-refractivity contribution in [2.75, 3.05) is 0 Å². The lowest BCUT2D eigenvalue weighted by atomic mass is 10.0. The third-order valence-corrected chi connectivity index (χ3v) is 2.99. The van der Waals surface area contributed by atoms with Crippen molar-refractivity contribution in [3.63, 3.8) is 0 Å². The maximum atomic E-state index is 12.9. The van der Waals surface area contributed by atoms with Gasteiger partial charge in [0.15, 0.2) is 11.6 Å². The van der Waals surface area contributed by atoms with Gasteiger partial charge < -0.3 is 5.11 Å². The molecule has 3 heteroatoms. The van der Waals surface area contributed by atoms with Crippen LogP contribution in [0, 0.1) is 17.6 Å². The second-order valence-electron chi connectivity index (χ2n) is 3.86. The molecule has 0 amide bonds. The number of rotatable bonds is 2. The minimum atomic E-state index is -0.913. The fraction of sp³-hybridized carbons (Fsp3) is 0.455. The molecule has 1 N–H and O–H groups in total. The molecule has 2 rings (SSSR count). The van der Waals surface area contributed by atoms with Gasteiger partial charge in [0, 0.05) is 0 Å². The van der Waals surface area contributed by atoms with Crippen molar-refractivity contribution >= 4 is 0 Å². The van der Waals surface area contributed by atoms with E-state index in [0.29, 0.717) is 12.0 Å². The van der Waals surface area contributed by atoms with Gasteiger partial charge in [0.05, 0.1) is 5.60 Å². The maximum Gasteiger partial charge on any atom is 0.159 e. The van der Waals surface area contributed by atoms with Gasteiger partial charge in [-0.1, -0.05) is 19.4 Å². The predicted molar refractivity (Wildman–Crippen MR) is 48.7 cm³/mol. The van der Waals surface area contributed by atoms with Crippen LogP contribution in [0.25, 0.3) is 0 Å². The smallest absolute Gasteiger partial charge is 0.159 e. The van der Waals surface area contributed by atoms with E-state index in [1.165, 1.54) is 6.07 Å². The predicted octanol–water partition coefficient (Wildman–Crippen LogP) is 2.58. The molecule has 0 saturated heterocycles. The van der Waals surface area contributed by atoms with E-state index in [1.807, 2.05) is 6.92 Å². The quantitative estimate of drug-likeness (QED) is 0.774. The van der Waals surface area contributed by atoms with Gasteiger partial charge in [0.25, 0.3) is 0 Å². The van der Waals surface area contributed by atoms with Gasteiger partial charge in [-0.2, -0.15) is 0 Å². The van der Waals surface area contributed by atoms with E-state index in [2.05, 4.69) is 0 Å². The fourth-order valence-corrected chi connectivity index (χ4v) is 1.92. The average Bonchev–Trinajstić information content (AvgIpc) is 2.83. The van der Waals surface area contributed by atoms with Crippen LogP contribution in [0.5, 0.6) is 0 Å². The van der Waals surface area contributed by atoms with Crippen molar-refractivity contribution < 1.29 is 13.9 Å². The molecule has 1 nitrogen and oxygen atoms in total. The molecule has 2 unspecified atom stereocenters. The number of benzene rings is 1. The molecule has 1 aliphatic rings. The summed E-state index contributed by atoms with van der Waals surface area (Å²) in [6.07, 6.45) is 1.50. The molecule has 76 valence electrons. The van der Waals surface area contributed by atoms with E-state index < -0.39 is 17.2 Å². The third-order valence-electron chi connectivity index (χ3n) is 2.99. The van der Waals surface area contributed by atoms with Crippen LogP contribution < -0.4 is 0 Å². The molecule has 1 aromatic rings. The van der Waals surface area contributed by atoms with E-state index in [1.54, 1.807) is 0 Å². The molecule has 0 aliphatic heterocycles. The highest BCUT2D eigenvalue weighted by molar-refractivity contribution is 5.30. The summed E-state index contributed by atoms with van der Waals surface area (Å²) in [7, 11) is 0. The highest BCUT2D eigenvalue weighted by atomic mass is 19.2. The summed E-state index contributed by atoms with van der Waals surface area (Å²) in [5, 5.41) is 9.99. The average molecular weight is 198 g/mol. The summed E-state index contributed by atoms with van der Waals surface area (Å²) in [6, 6.07) is 3.60. The Balaban J connectivity index is 2.31. The van der Waals surface area contributed by atoms with Crippen LogP contribution >= 0.6 is 0 Å². The monoisotopic (exact) mass is 198 g/mol. The van der Waals surface area contributed by atoms with Gasteiger partial charge >= 0.3 is 0 Å². The first-order valence-corrected chi connectivity index (χ1v) is 4.76. The van der Waals surface area contributed by atoms with Crippen LogP contribution in [0.1, 0.15) is 25.3 Å². The summed E-state index contributed by atoms with van der Waals surface area (Å²) in [6.45, 7) is 1.97. The van der Waals surface area contributed by atoms with Gasteiger partial charge in [-0.05, 0) is 30.0 Å². The van der Waals surface area contributed by atoms with Crippen molar-refractivity contribution in [2.45, 2.75) is 25.4 Å². The SMILES string of the molecule is CCC1CC1(O)c1ccc(F)c(F)c1. The number of halogens is 2. The van der Waals surface area contributed by atoms with Crippen LogP contribution in [0.3, 0.4) is 0 Å². The molecular formula is C11H12F2O. The van der Waals surface area contributed by atoms with Gasteiger partial charge in [-0.15, -0.1) is 0 Å². The normalized spacial score (nSPS) is 30.4. The Hall–Kier alpha value is -0.960. The van der Waals surface area contributed by atoms with Gasteiger partial charge in [-0.3, -0.25) is 0 Å². The first-order chi connectivity index (χ1) is 6.58. The first kappa shape index (κ1) is 9.59. The summed E-state index contributed by atoms with van der Waals surface area (Å²) >= 11 is 0. The van der Waals surface area contributed by atoms with E-state index in [0.717, 1.165) is 18.6 Å². The molecule has 1 saturated carbocycles. The fourth-order valence-electron chi connectivity index (χ4n) is 1.92. The van der Waals surface area contributed by atoms with Crippen molar-refractivity contribution in [1.29, 1.82) is 0 Å². The summed E-state index contributed by atoms with van der Waals surface area (Å²) in [5.41, 5.74) is -0.424. The van der Waals surface area contributed by atoms with Crippen molar-refractivity contribution in [1.82, 2.24) is 0 Å². The zero-order chi connectivity index (χ0) is 10.3. The second-order valence-corrected chi connectivity index (χ2v) is 3.86. The molecule has 0 spiro atoms. The molecule has 0 bridgehead atoms. The molecule has 0 heterocycles. The standard InChI is InChI=1S/C11H12F2O/c1-2-7-6-11(7,14)8-3-4-9(12)10(13)5-8/h3-5,7,14H,2,6H2,1H3. The Labute approximate surface area is 81.4 Å². The molecule has 1 aromatic carbocycles. The number of hydrogen-bond donors (Lipinski definition) is 1. The Bertz CT molecular complexity index is 364. The van der Waals surface area contributed by atoms with E-state index in [9.17, 15) is 13.9 Å². The zero-order valence-corrected chi connectivity index (χ0v) is 7.93. The molecular weight excluding hydrogens is 186 g/mol. The van der Waals surface area contributed by atoms with Gasteiger partial charge in [0.1, 0.15) is 0 Å². The molecule has 14 heavy (non-hydrogen) atoms. The molecule has 1 aliphatic carbocycles. The Morgan fingerprint density at radius 2 is 2.14 bits per heavy atom. The zero-order valence-electron chi connectivity index (χ0n) is 7.93. The van der Waals surface area contributed by atoms with Crippen LogP contribution in [0.4, 0.5) is 8.78 Å². The number of hydrogen-bond acceptors (Lipinski definition) is 1. The highest BCUT2D eigenvalue weighted by Crippen LogP contribution is 2.53. The third kappa shape index (κ3) is 1.32. The molecule has 2 atom stereocenters. The largest absolute Gasteiger partial charge is 0.385 e. The van der Waals surface area contributed by atoms with Crippen LogP contribution in [-0.4, -0.2) is 5.11 Å². The lowest BCUT2D eigenvalue weighted by Crippen LogP contribution is -2.09. The van der Waals surface area contributed by atoms with Crippen LogP contribution in [0.15, 0.2) is 18.2 Å². The topological polar surface area (TPSA) is 20.2 Å². The summed E-state index contributed by atoms with van der Waals surface area (Å²) < 4.78 is 25.5. The van der Waals surface area contributed by atoms with Gasteiger partial charge in [0.2, 0.25) is 0 Å². The molecule has 1 fully saturated rings. The minimum absolute atomic E-state index is 0.187. The Morgan fingerprint density at radius 1 is 1.43 bits per heavy atom. The maximum absolute atomic E-state index is 12.9. The second kappa shape index (κ2) is 3.02. The first-order valence-electron chi connectivity index (χ1n) is 4.76. The van der Waals surface area contributed by atoms with Crippen molar-refractivity contribution in [2.24, 2.45) is 5.92 Å². The van der Waals surface area contributed by atoms with E-state index in [-0.39, 0.29) is 5.92 Å². The lowest BCUT2D eigenvalue weighted by Gasteiger charge is -2.10. The van der Waals surface area contributed by atoms with Crippen LogP contribution in [-0.2, 0) is 5.60 Å². The van der Waals surface area contributed by atoms with Crippen molar-refractivity contribution in [3.8, 4) is 0 Å². The van der Waals surface area contributed by atoms with E-state index >= 15 is 0 Å². The lowest BCUT2D eigenvalue weighted by molar-refractivity contribution is 0.130. The highest BCUT2D eigenvalue weighted by Gasteiger charge is 2.52. The molecule has 0 radical (unpaired) electrons. The Morgan fingerprint density at radius 3 is 2.64 bits per heavy atom. The summed E-state index contributed by atoms with van der Waals surface area (Å²) in [4.78, 5) is 0. The number of aliphatic hydroxyl groups is 1. The minimum Gasteiger partial charge on any atom is -0.385 e. The van der Waals surface area contributed by atoms with E-state index in [4.69, 9.17) is 0 Å². The molecule has 0 aromatic heterocycles. The Kier molecular flexibility index (Phi) is 2.07. The van der Waals surface area contributed by atoms with Crippen LogP contribution in [0.2, 0.25) is 0 Å².